The van der Waals surface area contributed by atoms with Gasteiger partial charge in [0.05, 0.1) is 0 Å². The van der Waals surface area contributed by atoms with E-state index in [0.29, 0.717) is 11.8 Å². The van der Waals surface area contributed by atoms with Gasteiger partial charge < -0.3 is 10.4 Å². The van der Waals surface area contributed by atoms with Gasteiger partial charge in [-0.2, -0.15) is 0 Å². The third-order valence-corrected chi connectivity index (χ3v) is 4.01. The summed E-state index contributed by atoms with van der Waals surface area (Å²) in [4.78, 5) is 0. The molecule has 3 heteroatoms. The first-order valence-electron chi connectivity index (χ1n) is 6.30. The lowest BCUT2D eigenvalue weighted by molar-refractivity contribution is 0.398. The highest BCUT2D eigenvalue weighted by Gasteiger charge is 2.18. The van der Waals surface area contributed by atoms with Gasteiger partial charge in [-0.15, -0.1) is 0 Å². The minimum absolute atomic E-state index is 0.389. The van der Waals surface area contributed by atoms with Gasteiger partial charge >= 0.3 is 0 Å². The van der Waals surface area contributed by atoms with Crippen LogP contribution in [0.3, 0.4) is 0 Å². The van der Waals surface area contributed by atoms with Crippen molar-refractivity contribution in [2.75, 3.05) is 6.54 Å². The van der Waals surface area contributed by atoms with Crippen molar-refractivity contribution in [1.29, 1.82) is 0 Å². The lowest BCUT2D eigenvalue weighted by atomic mass is 9.94. The molecule has 17 heavy (non-hydrogen) atoms. The van der Waals surface area contributed by atoms with Crippen molar-refractivity contribution in [2.45, 2.75) is 45.6 Å². The van der Waals surface area contributed by atoms with Gasteiger partial charge in [0.15, 0.2) is 0 Å². The molecule has 1 unspecified atom stereocenters. The minimum Gasteiger partial charge on any atom is -0.507 e. The first-order chi connectivity index (χ1) is 8.09. The average Bonchev–Trinajstić information content (AvgIpc) is 2.33. The van der Waals surface area contributed by atoms with Crippen molar-refractivity contribution in [1.82, 2.24) is 5.32 Å². The number of benzene rings is 1. The molecule has 1 heterocycles. The van der Waals surface area contributed by atoms with Gasteiger partial charge in [0.1, 0.15) is 5.75 Å². The molecule has 0 amide bonds. The number of hydrogen-bond acceptors (Lipinski definition) is 2. The van der Waals surface area contributed by atoms with Crippen LogP contribution in [0.1, 0.15) is 36.0 Å². The Balaban J connectivity index is 2.22. The Morgan fingerprint density at radius 2 is 2.18 bits per heavy atom. The minimum atomic E-state index is 0.389. The molecule has 1 saturated heterocycles. The molecule has 1 fully saturated rings. The molecule has 2 rings (SSSR count). The van der Waals surface area contributed by atoms with E-state index in [1.54, 1.807) is 0 Å². The quantitative estimate of drug-likeness (QED) is 0.847. The van der Waals surface area contributed by atoms with Crippen molar-refractivity contribution in [2.24, 2.45) is 0 Å². The summed E-state index contributed by atoms with van der Waals surface area (Å²) in [5.41, 5.74) is 2.88. The van der Waals surface area contributed by atoms with Crippen LogP contribution in [0.4, 0.5) is 0 Å². The fourth-order valence-electron chi connectivity index (χ4n) is 2.56. The van der Waals surface area contributed by atoms with Crippen molar-refractivity contribution in [3.05, 3.63) is 27.8 Å². The molecule has 1 aromatic rings. The molecule has 2 N–H and O–H groups in total. The molecule has 1 aromatic carbocycles. The SMILES string of the molecule is Cc1cc(Cl)c(CC2CCCCN2)c(C)c1O. The van der Waals surface area contributed by atoms with Gasteiger partial charge in [-0.1, -0.05) is 18.0 Å². The van der Waals surface area contributed by atoms with Gasteiger partial charge in [-0.05, 0) is 62.4 Å². The molecule has 0 radical (unpaired) electrons. The van der Waals surface area contributed by atoms with Crippen LogP contribution in [0.15, 0.2) is 6.07 Å². The van der Waals surface area contributed by atoms with E-state index in [9.17, 15) is 5.11 Å². The van der Waals surface area contributed by atoms with Crippen LogP contribution in [-0.4, -0.2) is 17.7 Å². The Kier molecular flexibility index (Phi) is 3.95. The maximum atomic E-state index is 9.96. The Hall–Kier alpha value is -0.730. The van der Waals surface area contributed by atoms with Gasteiger partial charge in [0.2, 0.25) is 0 Å². The lowest BCUT2D eigenvalue weighted by Crippen LogP contribution is -2.35. The molecule has 1 aliphatic heterocycles. The summed E-state index contributed by atoms with van der Waals surface area (Å²) in [5.74, 6) is 0.389. The maximum Gasteiger partial charge on any atom is 0.121 e. The number of phenols is 1. The van der Waals surface area contributed by atoms with Crippen LogP contribution >= 0.6 is 11.6 Å². The predicted octanol–water partition coefficient (Wildman–Crippen LogP) is 3.35. The van der Waals surface area contributed by atoms with Crippen LogP contribution < -0.4 is 5.32 Å². The first-order valence-corrected chi connectivity index (χ1v) is 6.68. The first kappa shape index (κ1) is 12.7. The summed E-state index contributed by atoms with van der Waals surface area (Å²) >= 11 is 6.29. The third-order valence-electron chi connectivity index (χ3n) is 3.68. The molecule has 0 aliphatic carbocycles. The molecule has 1 aliphatic rings. The molecule has 1 atom stereocenters. The molecule has 0 bridgehead atoms. The van der Waals surface area contributed by atoms with E-state index < -0.39 is 0 Å². The van der Waals surface area contributed by atoms with Crippen LogP contribution in [0.25, 0.3) is 0 Å². The molecule has 0 saturated carbocycles. The number of piperidine rings is 1. The fourth-order valence-corrected chi connectivity index (χ4v) is 2.94. The second-order valence-corrected chi connectivity index (χ2v) is 5.39. The summed E-state index contributed by atoms with van der Waals surface area (Å²) in [6.45, 7) is 4.93. The van der Waals surface area contributed by atoms with Crippen molar-refractivity contribution >= 4 is 11.6 Å². The molecule has 0 spiro atoms. The number of halogens is 1. The van der Waals surface area contributed by atoms with E-state index in [1.807, 2.05) is 19.9 Å². The molecule has 2 nitrogen and oxygen atoms in total. The predicted molar refractivity (Wildman–Crippen MR) is 71.9 cm³/mol. The largest absolute Gasteiger partial charge is 0.507 e. The Morgan fingerprint density at radius 3 is 2.82 bits per heavy atom. The Bertz CT molecular complexity index is 411. The van der Waals surface area contributed by atoms with Crippen molar-refractivity contribution in [3.63, 3.8) is 0 Å². The number of hydrogen-bond donors (Lipinski definition) is 2. The lowest BCUT2D eigenvalue weighted by Gasteiger charge is -2.25. The molecular weight excluding hydrogens is 234 g/mol. The van der Waals surface area contributed by atoms with E-state index in [4.69, 9.17) is 11.6 Å². The zero-order valence-electron chi connectivity index (χ0n) is 10.5. The molecular formula is C14H20ClNO. The number of rotatable bonds is 2. The highest BCUT2D eigenvalue weighted by atomic mass is 35.5. The van der Waals surface area contributed by atoms with Gasteiger partial charge in [0.25, 0.3) is 0 Å². The van der Waals surface area contributed by atoms with Gasteiger partial charge in [0, 0.05) is 11.1 Å². The molecule has 94 valence electrons. The summed E-state index contributed by atoms with van der Waals surface area (Å²) in [7, 11) is 0. The zero-order chi connectivity index (χ0) is 12.4. The third kappa shape index (κ3) is 2.75. The number of phenolic OH excluding ortho intramolecular Hbond substituents is 1. The monoisotopic (exact) mass is 253 g/mol. The van der Waals surface area contributed by atoms with Crippen LogP contribution in [0.5, 0.6) is 5.75 Å². The summed E-state index contributed by atoms with van der Waals surface area (Å²) in [6, 6.07) is 2.37. The van der Waals surface area contributed by atoms with E-state index in [-0.39, 0.29) is 0 Å². The number of aromatic hydroxyl groups is 1. The second kappa shape index (κ2) is 5.28. The maximum absolute atomic E-state index is 9.96. The smallest absolute Gasteiger partial charge is 0.121 e. The summed E-state index contributed by atoms with van der Waals surface area (Å²) < 4.78 is 0. The van der Waals surface area contributed by atoms with Crippen molar-refractivity contribution in [3.8, 4) is 5.75 Å². The normalized spacial score (nSPS) is 20.5. The number of aryl methyl sites for hydroxylation is 1. The summed E-state index contributed by atoms with van der Waals surface area (Å²) in [5, 5.41) is 14.3. The van der Waals surface area contributed by atoms with E-state index in [1.165, 1.54) is 19.3 Å². The summed E-state index contributed by atoms with van der Waals surface area (Å²) in [6.07, 6.45) is 4.66. The van der Waals surface area contributed by atoms with Gasteiger partial charge in [-0.25, -0.2) is 0 Å². The van der Waals surface area contributed by atoms with Crippen LogP contribution in [0, 0.1) is 13.8 Å². The average molecular weight is 254 g/mol. The van der Waals surface area contributed by atoms with Crippen LogP contribution in [0.2, 0.25) is 5.02 Å². The second-order valence-electron chi connectivity index (χ2n) is 4.98. The fraction of sp³-hybridized carbons (Fsp3) is 0.571. The standard InChI is InChI=1S/C14H20ClNO/c1-9-7-13(15)12(10(2)14(9)17)8-11-5-3-4-6-16-11/h7,11,16-17H,3-6,8H2,1-2H3. The van der Waals surface area contributed by atoms with Crippen molar-refractivity contribution < 1.29 is 5.11 Å². The molecule has 0 aromatic heterocycles. The Labute approximate surface area is 108 Å². The van der Waals surface area contributed by atoms with E-state index >= 15 is 0 Å². The Morgan fingerprint density at radius 1 is 1.41 bits per heavy atom. The van der Waals surface area contributed by atoms with E-state index in [0.717, 1.165) is 34.7 Å². The highest BCUT2D eigenvalue weighted by molar-refractivity contribution is 6.31. The van der Waals surface area contributed by atoms with E-state index in [2.05, 4.69) is 5.32 Å². The topological polar surface area (TPSA) is 32.3 Å². The highest BCUT2D eigenvalue weighted by Crippen LogP contribution is 2.32. The zero-order valence-corrected chi connectivity index (χ0v) is 11.3. The van der Waals surface area contributed by atoms with Crippen LogP contribution in [-0.2, 0) is 6.42 Å². The van der Waals surface area contributed by atoms with Gasteiger partial charge in [-0.3, -0.25) is 0 Å². The number of nitrogens with one attached hydrogen (secondary N) is 1.